The molecule has 0 spiro atoms. The van der Waals surface area contributed by atoms with E-state index in [1.807, 2.05) is 36.9 Å². The van der Waals surface area contributed by atoms with E-state index in [0.717, 1.165) is 16.8 Å². The molecule has 1 heterocycles. The van der Waals surface area contributed by atoms with E-state index in [0.29, 0.717) is 32.6 Å². The molecule has 2 N–H and O–H groups in total. The number of benzene rings is 2. The first-order chi connectivity index (χ1) is 15.2. The summed E-state index contributed by atoms with van der Waals surface area (Å²) in [6, 6.07) is 6.05. The Kier molecular flexibility index (Phi) is 7.68. The van der Waals surface area contributed by atoms with E-state index in [9.17, 15) is 22.4 Å². The molecule has 0 atom stereocenters. The molecule has 0 bridgehead atoms. The topological polar surface area (TPSA) is 47.6 Å². The highest BCUT2D eigenvalue weighted by molar-refractivity contribution is 7.80. The van der Waals surface area contributed by atoms with E-state index in [-0.39, 0.29) is 23.6 Å². The number of nitrogens with zero attached hydrogens (tertiary/aromatic N) is 2. The lowest BCUT2D eigenvalue weighted by molar-refractivity contribution is -0.117. The van der Waals surface area contributed by atoms with Crippen molar-refractivity contribution >= 4 is 34.6 Å². The predicted octanol–water partition coefficient (Wildman–Crippen LogP) is 4.20. The van der Waals surface area contributed by atoms with Gasteiger partial charge in [-0.1, -0.05) is 18.2 Å². The maximum atomic E-state index is 13.9. The summed E-state index contributed by atoms with van der Waals surface area (Å²) in [5.41, 5.74) is 1.93. The van der Waals surface area contributed by atoms with Gasteiger partial charge in [0.25, 0.3) is 0 Å². The van der Waals surface area contributed by atoms with Gasteiger partial charge in [0.1, 0.15) is 5.69 Å². The van der Waals surface area contributed by atoms with Gasteiger partial charge >= 0.3 is 0 Å². The van der Waals surface area contributed by atoms with E-state index < -0.39 is 29.0 Å². The number of thiocarbonyl (C=S) groups is 1. The fourth-order valence-electron chi connectivity index (χ4n) is 3.59. The number of hydrogen-bond donors (Lipinski definition) is 2. The number of carbonyl (C=O) groups is 1. The number of aryl methyl sites for hydroxylation is 2. The number of para-hydroxylation sites is 1. The Morgan fingerprint density at radius 2 is 1.62 bits per heavy atom. The number of rotatable bonds is 4. The van der Waals surface area contributed by atoms with Gasteiger partial charge in [0, 0.05) is 37.9 Å². The van der Waals surface area contributed by atoms with E-state index in [4.69, 9.17) is 12.2 Å². The average Bonchev–Trinajstić information content (AvgIpc) is 2.98. The number of carbonyl (C=O) groups excluding carboxylic acids is 1. The summed E-state index contributed by atoms with van der Waals surface area (Å²) in [5.74, 6) is -6.45. The third-order valence-corrected chi connectivity index (χ3v) is 5.69. The number of anilines is 2. The van der Waals surface area contributed by atoms with Crippen LogP contribution in [-0.4, -0.2) is 53.5 Å². The molecular weight excluding hydrogens is 444 g/mol. The van der Waals surface area contributed by atoms with Crippen molar-refractivity contribution in [2.24, 2.45) is 0 Å². The zero-order chi connectivity index (χ0) is 23.4. The Hall–Kier alpha value is -2.72. The monoisotopic (exact) mass is 468 g/mol. The number of nitrogens with one attached hydrogen (secondary N) is 2. The summed E-state index contributed by atoms with van der Waals surface area (Å²) in [4.78, 5) is 16.2. The molecule has 10 heteroatoms. The Morgan fingerprint density at radius 1 is 0.938 bits per heavy atom. The van der Waals surface area contributed by atoms with Gasteiger partial charge in [0.05, 0.1) is 6.54 Å². The van der Waals surface area contributed by atoms with Gasteiger partial charge in [-0.15, -0.1) is 0 Å². The molecule has 1 aliphatic heterocycles. The highest BCUT2D eigenvalue weighted by atomic mass is 32.1. The molecular formula is C22H24F4N4OS. The summed E-state index contributed by atoms with van der Waals surface area (Å²) in [6.07, 6.45) is 0.654. The quantitative estimate of drug-likeness (QED) is 0.305. The molecule has 172 valence electrons. The van der Waals surface area contributed by atoms with Crippen molar-refractivity contribution in [1.82, 2.24) is 9.80 Å². The maximum Gasteiger partial charge on any atom is 0.238 e. The van der Waals surface area contributed by atoms with Crippen molar-refractivity contribution in [3.05, 3.63) is 58.7 Å². The van der Waals surface area contributed by atoms with Gasteiger partial charge in [0.2, 0.25) is 5.91 Å². The maximum absolute atomic E-state index is 13.9. The first-order valence-electron chi connectivity index (χ1n) is 10.1. The van der Waals surface area contributed by atoms with Crippen molar-refractivity contribution in [2.75, 3.05) is 43.4 Å². The fraction of sp³-hybridized carbons (Fsp3) is 0.364. The molecule has 0 aromatic heterocycles. The van der Waals surface area contributed by atoms with Gasteiger partial charge in [-0.3, -0.25) is 9.69 Å². The minimum absolute atomic E-state index is 0.00403. The van der Waals surface area contributed by atoms with Crippen LogP contribution in [0, 0.1) is 37.1 Å². The predicted molar refractivity (Wildman–Crippen MR) is 120 cm³/mol. The van der Waals surface area contributed by atoms with Crippen LogP contribution in [0.2, 0.25) is 0 Å². The van der Waals surface area contributed by atoms with Crippen molar-refractivity contribution in [3.8, 4) is 0 Å². The highest BCUT2D eigenvalue weighted by Gasteiger charge is 2.23. The van der Waals surface area contributed by atoms with Gasteiger partial charge in [-0.05, 0) is 43.6 Å². The lowest BCUT2D eigenvalue weighted by atomic mass is 10.1. The number of hydrogen-bond acceptors (Lipinski definition) is 3. The van der Waals surface area contributed by atoms with E-state index in [1.54, 1.807) is 4.90 Å². The zero-order valence-electron chi connectivity index (χ0n) is 17.8. The van der Waals surface area contributed by atoms with Gasteiger partial charge in [0.15, 0.2) is 28.4 Å². The van der Waals surface area contributed by atoms with Crippen LogP contribution in [0.3, 0.4) is 0 Å². The SMILES string of the molecule is Cc1cccc(C)c1NC(=O)CN1CCCN(C(=S)Nc2c(F)cc(F)c(F)c2F)CC1. The highest BCUT2D eigenvalue weighted by Crippen LogP contribution is 2.24. The summed E-state index contributed by atoms with van der Waals surface area (Å²) in [6.45, 7) is 6.05. The third kappa shape index (κ3) is 5.55. The summed E-state index contributed by atoms with van der Waals surface area (Å²) >= 11 is 5.22. The molecule has 2 aromatic rings. The van der Waals surface area contributed by atoms with Crippen molar-refractivity contribution in [3.63, 3.8) is 0 Å². The molecule has 2 aromatic carbocycles. The molecule has 0 radical (unpaired) electrons. The van der Waals surface area contributed by atoms with Crippen LogP contribution < -0.4 is 10.6 Å². The normalized spacial score (nSPS) is 14.8. The lowest BCUT2D eigenvalue weighted by Gasteiger charge is -2.25. The minimum atomic E-state index is -1.77. The Morgan fingerprint density at radius 3 is 2.31 bits per heavy atom. The van der Waals surface area contributed by atoms with E-state index >= 15 is 0 Å². The van der Waals surface area contributed by atoms with Gasteiger partial charge in [-0.25, -0.2) is 17.6 Å². The molecule has 32 heavy (non-hydrogen) atoms. The average molecular weight is 469 g/mol. The third-order valence-electron chi connectivity index (χ3n) is 5.33. The first kappa shape index (κ1) is 23.9. The van der Waals surface area contributed by atoms with E-state index in [1.165, 1.54) is 0 Å². The van der Waals surface area contributed by atoms with Crippen molar-refractivity contribution in [1.29, 1.82) is 0 Å². The molecule has 5 nitrogen and oxygen atoms in total. The standard InChI is InChI=1S/C22H24F4N4OS/c1-13-5-3-6-14(2)20(13)27-17(31)12-29-7-4-8-30(10-9-29)22(32)28-21-16(24)11-15(23)18(25)19(21)26/h3,5-6,11H,4,7-10,12H2,1-2H3,(H,27,31)(H,28,32). The minimum Gasteiger partial charge on any atom is -0.348 e. The molecule has 0 aliphatic carbocycles. The summed E-state index contributed by atoms with van der Waals surface area (Å²) in [7, 11) is 0. The Balaban J connectivity index is 1.57. The molecule has 1 fully saturated rings. The second-order valence-corrected chi connectivity index (χ2v) is 8.09. The second kappa shape index (κ2) is 10.3. The summed E-state index contributed by atoms with van der Waals surface area (Å²) < 4.78 is 54.4. The molecule has 1 amide bonds. The van der Waals surface area contributed by atoms with Crippen LogP contribution in [0.5, 0.6) is 0 Å². The Labute approximate surface area is 189 Å². The van der Waals surface area contributed by atoms with E-state index in [2.05, 4.69) is 10.6 Å². The van der Waals surface area contributed by atoms with Gasteiger partial charge in [-0.2, -0.15) is 0 Å². The van der Waals surface area contributed by atoms with Crippen LogP contribution in [-0.2, 0) is 4.79 Å². The van der Waals surface area contributed by atoms with Crippen LogP contribution in [0.25, 0.3) is 0 Å². The lowest BCUT2D eigenvalue weighted by Crippen LogP contribution is -2.39. The molecule has 0 saturated carbocycles. The number of amides is 1. The molecule has 1 saturated heterocycles. The van der Waals surface area contributed by atoms with Crippen molar-refractivity contribution < 1.29 is 22.4 Å². The molecule has 0 unspecified atom stereocenters. The van der Waals surface area contributed by atoms with Crippen molar-refractivity contribution in [2.45, 2.75) is 20.3 Å². The smallest absolute Gasteiger partial charge is 0.238 e. The van der Waals surface area contributed by atoms with Crippen LogP contribution >= 0.6 is 12.2 Å². The fourth-order valence-corrected chi connectivity index (χ4v) is 3.88. The first-order valence-corrected chi connectivity index (χ1v) is 10.6. The van der Waals surface area contributed by atoms with Gasteiger partial charge < -0.3 is 15.5 Å². The second-order valence-electron chi connectivity index (χ2n) is 7.71. The largest absolute Gasteiger partial charge is 0.348 e. The van der Waals surface area contributed by atoms with Crippen LogP contribution in [0.1, 0.15) is 17.5 Å². The molecule has 1 aliphatic rings. The van der Waals surface area contributed by atoms with Crippen LogP contribution in [0.4, 0.5) is 28.9 Å². The Bertz CT molecular complexity index is 1010. The zero-order valence-corrected chi connectivity index (χ0v) is 18.6. The molecule has 3 rings (SSSR count). The number of halogens is 4. The summed E-state index contributed by atoms with van der Waals surface area (Å²) in [5, 5.41) is 5.30. The van der Waals surface area contributed by atoms with Crippen LogP contribution in [0.15, 0.2) is 24.3 Å².